The first-order valence-corrected chi connectivity index (χ1v) is 8.05. The predicted octanol–water partition coefficient (Wildman–Crippen LogP) is 0.978. The summed E-state index contributed by atoms with van der Waals surface area (Å²) in [6, 6.07) is 0.224. The molecule has 2 aromatic heterocycles. The molecule has 0 aromatic carbocycles. The molecule has 2 heterocycles. The molecule has 1 aliphatic rings. The normalized spacial score (nSPS) is 24.9. The zero-order chi connectivity index (χ0) is 15.4. The van der Waals surface area contributed by atoms with Crippen molar-refractivity contribution in [3.05, 3.63) is 36.7 Å². The lowest BCUT2D eigenvalue weighted by Gasteiger charge is -2.16. The maximum Gasteiger partial charge on any atom is 0.0945 e. The van der Waals surface area contributed by atoms with E-state index in [4.69, 9.17) is 0 Å². The third kappa shape index (κ3) is 3.96. The molecule has 3 atom stereocenters. The van der Waals surface area contributed by atoms with E-state index in [9.17, 15) is 5.11 Å². The van der Waals surface area contributed by atoms with Crippen molar-refractivity contribution >= 4 is 0 Å². The third-order valence-corrected chi connectivity index (χ3v) is 4.46. The van der Waals surface area contributed by atoms with Gasteiger partial charge in [0.05, 0.1) is 18.6 Å². The number of aromatic nitrogens is 4. The average Bonchev–Trinajstić information content (AvgIpc) is 3.19. The summed E-state index contributed by atoms with van der Waals surface area (Å²) in [5, 5.41) is 17.9. The Kier molecular flexibility index (Phi) is 4.90. The van der Waals surface area contributed by atoms with Crippen LogP contribution in [0, 0.1) is 5.92 Å². The molecular weight excluding hydrogens is 278 g/mol. The van der Waals surface area contributed by atoms with E-state index in [1.165, 1.54) is 5.56 Å². The fraction of sp³-hybridized carbons (Fsp3) is 0.625. The lowest BCUT2D eigenvalue weighted by atomic mass is 10.1. The largest absolute Gasteiger partial charge is 0.391 e. The Morgan fingerprint density at radius 3 is 3.05 bits per heavy atom. The molecule has 1 aliphatic carbocycles. The Hall–Kier alpha value is -1.66. The zero-order valence-corrected chi connectivity index (χ0v) is 13.1. The molecule has 6 nitrogen and oxygen atoms in total. The average molecular weight is 303 g/mol. The third-order valence-electron chi connectivity index (χ3n) is 4.46. The molecule has 0 bridgehead atoms. The predicted molar refractivity (Wildman–Crippen MR) is 84.3 cm³/mol. The summed E-state index contributed by atoms with van der Waals surface area (Å²) in [5.41, 5.74) is 1.27. The molecule has 22 heavy (non-hydrogen) atoms. The van der Waals surface area contributed by atoms with E-state index in [0.29, 0.717) is 5.92 Å². The van der Waals surface area contributed by atoms with Crippen LogP contribution < -0.4 is 5.32 Å². The molecule has 3 rings (SSSR count). The van der Waals surface area contributed by atoms with E-state index in [1.807, 2.05) is 30.5 Å². The highest BCUT2D eigenvalue weighted by atomic mass is 16.3. The first-order chi connectivity index (χ1) is 10.7. The summed E-state index contributed by atoms with van der Waals surface area (Å²) < 4.78 is 3.94. The summed E-state index contributed by atoms with van der Waals surface area (Å²) >= 11 is 0. The van der Waals surface area contributed by atoms with Crippen molar-refractivity contribution < 1.29 is 5.11 Å². The van der Waals surface area contributed by atoms with Gasteiger partial charge in [0.1, 0.15) is 0 Å². The van der Waals surface area contributed by atoms with Crippen molar-refractivity contribution in [3.8, 4) is 0 Å². The van der Waals surface area contributed by atoms with Crippen LogP contribution in [0.4, 0.5) is 0 Å². The van der Waals surface area contributed by atoms with Gasteiger partial charge in [0, 0.05) is 38.2 Å². The lowest BCUT2D eigenvalue weighted by molar-refractivity contribution is 0.146. The maximum absolute atomic E-state index is 10.2. The minimum atomic E-state index is -0.230. The number of hydrogen-bond acceptors (Lipinski definition) is 4. The van der Waals surface area contributed by atoms with Crippen LogP contribution in [0.3, 0.4) is 0 Å². The van der Waals surface area contributed by atoms with E-state index in [0.717, 1.165) is 38.8 Å². The number of nitrogens with zero attached hydrogens (tertiary/aromatic N) is 4. The van der Waals surface area contributed by atoms with Gasteiger partial charge in [-0.3, -0.25) is 4.68 Å². The minimum Gasteiger partial charge on any atom is -0.391 e. The van der Waals surface area contributed by atoms with Crippen LogP contribution in [0.15, 0.2) is 31.1 Å². The summed E-state index contributed by atoms with van der Waals surface area (Å²) in [6.07, 6.45) is 13.4. The molecule has 1 saturated carbocycles. The second-order valence-electron chi connectivity index (χ2n) is 6.35. The van der Waals surface area contributed by atoms with Crippen LogP contribution in [0.25, 0.3) is 0 Å². The number of imidazole rings is 1. The highest BCUT2D eigenvalue weighted by molar-refractivity contribution is 5.03. The molecule has 0 amide bonds. The number of aryl methyl sites for hydroxylation is 2. The van der Waals surface area contributed by atoms with Gasteiger partial charge in [-0.05, 0) is 43.7 Å². The molecule has 2 N–H and O–H groups in total. The highest BCUT2D eigenvalue weighted by Gasteiger charge is 2.32. The Morgan fingerprint density at radius 2 is 2.32 bits per heavy atom. The summed E-state index contributed by atoms with van der Waals surface area (Å²) in [6.45, 7) is 1.89. The number of rotatable bonds is 7. The minimum absolute atomic E-state index is 0.224. The van der Waals surface area contributed by atoms with Crippen LogP contribution in [0.2, 0.25) is 0 Å². The van der Waals surface area contributed by atoms with Crippen molar-refractivity contribution in [2.45, 2.75) is 44.4 Å². The molecule has 0 radical (unpaired) electrons. The summed E-state index contributed by atoms with van der Waals surface area (Å²) in [4.78, 5) is 4.07. The van der Waals surface area contributed by atoms with E-state index < -0.39 is 0 Å². The van der Waals surface area contributed by atoms with Crippen molar-refractivity contribution in [1.29, 1.82) is 0 Å². The maximum atomic E-state index is 10.2. The van der Waals surface area contributed by atoms with Gasteiger partial charge in [0.25, 0.3) is 0 Å². The highest BCUT2D eigenvalue weighted by Crippen LogP contribution is 2.27. The second-order valence-corrected chi connectivity index (χ2v) is 6.35. The summed E-state index contributed by atoms with van der Waals surface area (Å²) in [7, 11) is 1.94. The van der Waals surface area contributed by atoms with Gasteiger partial charge >= 0.3 is 0 Å². The number of aliphatic hydroxyl groups is 1. The zero-order valence-electron chi connectivity index (χ0n) is 13.1. The summed E-state index contributed by atoms with van der Waals surface area (Å²) in [5.74, 6) is 0.528. The molecule has 0 spiro atoms. The van der Waals surface area contributed by atoms with Gasteiger partial charge < -0.3 is 15.0 Å². The van der Waals surface area contributed by atoms with Crippen LogP contribution in [0.5, 0.6) is 0 Å². The number of hydrogen-bond donors (Lipinski definition) is 2. The molecule has 1 unspecified atom stereocenters. The van der Waals surface area contributed by atoms with E-state index in [1.54, 1.807) is 6.20 Å². The molecule has 120 valence electrons. The standard InChI is InChI=1S/C16H25N5O/c1-20-10-13(9-19-20)3-2-4-18-15-7-14(8-16(15)22)11-21-6-5-17-12-21/h5-6,9-10,12,14-16,18,22H,2-4,7-8,11H2,1H3/t14?,15-,16-/m1/s1. The fourth-order valence-electron chi connectivity index (χ4n) is 3.36. The lowest BCUT2D eigenvalue weighted by Crippen LogP contribution is -2.36. The molecule has 1 fully saturated rings. The van der Waals surface area contributed by atoms with Gasteiger partial charge in [-0.2, -0.15) is 5.10 Å². The van der Waals surface area contributed by atoms with E-state index in [-0.39, 0.29) is 12.1 Å². The topological polar surface area (TPSA) is 67.9 Å². The fourth-order valence-corrected chi connectivity index (χ4v) is 3.36. The first kappa shape index (κ1) is 15.2. The SMILES string of the molecule is Cn1cc(CCCN[C@@H]2CC(Cn3ccnc3)C[C@H]2O)cn1. The Bertz CT molecular complexity index is 565. The smallest absolute Gasteiger partial charge is 0.0945 e. The molecular formula is C16H25N5O. The van der Waals surface area contributed by atoms with Gasteiger partial charge in [0.2, 0.25) is 0 Å². The monoisotopic (exact) mass is 303 g/mol. The van der Waals surface area contributed by atoms with Crippen molar-refractivity contribution in [2.24, 2.45) is 13.0 Å². The van der Waals surface area contributed by atoms with Crippen molar-refractivity contribution in [3.63, 3.8) is 0 Å². The van der Waals surface area contributed by atoms with Gasteiger partial charge in [-0.15, -0.1) is 0 Å². The first-order valence-electron chi connectivity index (χ1n) is 8.05. The van der Waals surface area contributed by atoms with Crippen LogP contribution in [-0.4, -0.2) is 43.1 Å². The Balaban J connectivity index is 1.37. The van der Waals surface area contributed by atoms with Crippen LogP contribution >= 0.6 is 0 Å². The second kappa shape index (κ2) is 7.07. The van der Waals surface area contributed by atoms with E-state index in [2.05, 4.69) is 26.2 Å². The molecule has 2 aromatic rings. The Labute approximate surface area is 131 Å². The number of aliphatic hydroxyl groups excluding tert-OH is 1. The van der Waals surface area contributed by atoms with Gasteiger partial charge in [0.15, 0.2) is 0 Å². The number of nitrogens with one attached hydrogen (secondary N) is 1. The molecule has 6 heteroatoms. The quantitative estimate of drug-likeness (QED) is 0.748. The van der Waals surface area contributed by atoms with Crippen molar-refractivity contribution in [1.82, 2.24) is 24.6 Å². The molecule has 0 saturated heterocycles. The van der Waals surface area contributed by atoms with Crippen molar-refractivity contribution in [2.75, 3.05) is 6.54 Å². The Morgan fingerprint density at radius 1 is 1.41 bits per heavy atom. The van der Waals surface area contributed by atoms with Gasteiger partial charge in [-0.1, -0.05) is 0 Å². The molecule has 0 aliphatic heterocycles. The van der Waals surface area contributed by atoms with Crippen LogP contribution in [0.1, 0.15) is 24.8 Å². The van der Waals surface area contributed by atoms with Crippen LogP contribution in [-0.2, 0) is 20.0 Å². The van der Waals surface area contributed by atoms with Gasteiger partial charge in [-0.25, -0.2) is 4.98 Å². The van der Waals surface area contributed by atoms with E-state index >= 15 is 0 Å².